The van der Waals surface area contributed by atoms with E-state index in [2.05, 4.69) is 0 Å². The second-order valence-electron chi connectivity index (χ2n) is 4.59. The van der Waals surface area contributed by atoms with Gasteiger partial charge in [0.05, 0.1) is 13.7 Å². The number of allylic oxidation sites excluding steroid dienone is 1. The largest absolute Gasteiger partial charge is 0.504 e. The van der Waals surface area contributed by atoms with E-state index in [0.717, 1.165) is 11.3 Å². The van der Waals surface area contributed by atoms with Crippen molar-refractivity contribution in [3.63, 3.8) is 0 Å². The molecule has 0 aliphatic rings. The van der Waals surface area contributed by atoms with E-state index in [9.17, 15) is 9.90 Å². The van der Waals surface area contributed by atoms with Gasteiger partial charge in [-0.15, -0.1) is 0 Å². The van der Waals surface area contributed by atoms with Crippen LogP contribution in [0.25, 0.3) is 6.08 Å². The highest BCUT2D eigenvalue weighted by atomic mass is 16.5. The number of methoxy groups -OCH3 is 1. The van der Waals surface area contributed by atoms with E-state index in [4.69, 9.17) is 9.47 Å². The van der Waals surface area contributed by atoms with Crippen molar-refractivity contribution in [3.8, 4) is 17.2 Å². The number of phenols is 1. The minimum Gasteiger partial charge on any atom is -0.504 e. The van der Waals surface area contributed by atoms with Crippen LogP contribution in [0.4, 0.5) is 0 Å². The molecule has 114 valence electrons. The van der Waals surface area contributed by atoms with Gasteiger partial charge in [-0.25, -0.2) is 0 Å². The van der Waals surface area contributed by atoms with Crippen LogP contribution >= 0.6 is 0 Å². The molecule has 0 bridgehead atoms. The van der Waals surface area contributed by atoms with Gasteiger partial charge in [-0.2, -0.15) is 0 Å². The fourth-order valence-corrected chi connectivity index (χ4v) is 1.94. The number of carbonyl (C=O) groups excluding carboxylic acids is 1. The number of carbonyl (C=O) groups is 1. The fourth-order valence-electron chi connectivity index (χ4n) is 1.94. The fraction of sp³-hybridized carbons (Fsp3) is 0.167. The minimum atomic E-state index is -0.160. The standard InChI is InChI=1S/C18H18O4/c1-3-22-15-8-4-13(5-9-15)6-10-16(19)14-7-11-17(20)18(12-14)21-2/h4-12,20H,3H2,1-2H3/b10-6+. The second kappa shape index (κ2) is 7.31. The number of rotatable bonds is 6. The molecule has 0 saturated heterocycles. The monoisotopic (exact) mass is 298 g/mol. The molecule has 0 spiro atoms. The smallest absolute Gasteiger partial charge is 0.185 e. The average molecular weight is 298 g/mol. The van der Waals surface area contributed by atoms with E-state index in [-0.39, 0.29) is 17.3 Å². The second-order valence-corrected chi connectivity index (χ2v) is 4.59. The van der Waals surface area contributed by atoms with E-state index in [1.54, 1.807) is 12.1 Å². The first kappa shape index (κ1) is 15.6. The van der Waals surface area contributed by atoms with Gasteiger partial charge in [-0.3, -0.25) is 4.79 Å². The molecule has 2 rings (SSSR count). The molecular formula is C18H18O4. The van der Waals surface area contributed by atoms with Gasteiger partial charge in [0.1, 0.15) is 5.75 Å². The number of ketones is 1. The Hall–Kier alpha value is -2.75. The summed E-state index contributed by atoms with van der Waals surface area (Å²) < 4.78 is 10.4. The Morgan fingerprint density at radius 3 is 2.55 bits per heavy atom. The number of hydrogen-bond donors (Lipinski definition) is 1. The summed E-state index contributed by atoms with van der Waals surface area (Å²) in [6, 6.07) is 12.0. The maximum atomic E-state index is 12.1. The molecule has 0 fully saturated rings. The quantitative estimate of drug-likeness (QED) is 0.652. The summed E-state index contributed by atoms with van der Waals surface area (Å²) in [5, 5.41) is 9.53. The lowest BCUT2D eigenvalue weighted by Crippen LogP contribution is -1.95. The van der Waals surface area contributed by atoms with Gasteiger partial charge in [-0.1, -0.05) is 18.2 Å². The lowest BCUT2D eigenvalue weighted by Gasteiger charge is -2.04. The maximum Gasteiger partial charge on any atom is 0.185 e. The predicted molar refractivity (Wildman–Crippen MR) is 85.6 cm³/mol. The highest BCUT2D eigenvalue weighted by Gasteiger charge is 2.07. The van der Waals surface area contributed by atoms with Crippen LogP contribution in [0.2, 0.25) is 0 Å². The van der Waals surface area contributed by atoms with E-state index < -0.39 is 0 Å². The van der Waals surface area contributed by atoms with Crippen LogP contribution in [0.3, 0.4) is 0 Å². The van der Waals surface area contributed by atoms with Crippen LogP contribution < -0.4 is 9.47 Å². The van der Waals surface area contributed by atoms with Crippen LogP contribution in [0.15, 0.2) is 48.5 Å². The van der Waals surface area contributed by atoms with Crippen molar-refractivity contribution in [2.75, 3.05) is 13.7 Å². The van der Waals surface area contributed by atoms with Gasteiger partial charge in [0, 0.05) is 5.56 Å². The third-order valence-electron chi connectivity index (χ3n) is 3.08. The van der Waals surface area contributed by atoms with Gasteiger partial charge < -0.3 is 14.6 Å². The Kier molecular flexibility index (Phi) is 5.20. The van der Waals surface area contributed by atoms with Crippen molar-refractivity contribution in [2.24, 2.45) is 0 Å². The third-order valence-corrected chi connectivity index (χ3v) is 3.08. The summed E-state index contributed by atoms with van der Waals surface area (Å²) in [6.45, 7) is 2.55. The lowest BCUT2D eigenvalue weighted by atomic mass is 10.1. The van der Waals surface area contributed by atoms with Gasteiger partial charge in [-0.05, 0) is 48.9 Å². The summed E-state index contributed by atoms with van der Waals surface area (Å²) in [6.07, 6.45) is 3.22. The van der Waals surface area contributed by atoms with Crippen molar-refractivity contribution in [1.82, 2.24) is 0 Å². The molecule has 0 atom stereocenters. The van der Waals surface area contributed by atoms with Crippen LogP contribution in [-0.4, -0.2) is 24.6 Å². The van der Waals surface area contributed by atoms with Crippen LogP contribution in [0.5, 0.6) is 17.2 Å². The molecule has 4 nitrogen and oxygen atoms in total. The highest BCUT2D eigenvalue weighted by Crippen LogP contribution is 2.26. The summed E-state index contributed by atoms with van der Waals surface area (Å²) in [5.74, 6) is 0.927. The molecule has 2 aromatic rings. The molecule has 2 aromatic carbocycles. The summed E-state index contributed by atoms with van der Waals surface area (Å²) in [7, 11) is 1.44. The molecule has 0 aliphatic heterocycles. The van der Waals surface area contributed by atoms with Crippen molar-refractivity contribution in [1.29, 1.82) is 0 Å². The van der Waals surface area contributed by atoms with E-state index >= 15 is 0 Å². The van der Waals surface area contributed by atoms with Crippen molar-refractivity contribution < 1.29 is 19.4 Å². The van der Waals surface area contributed by atoms with E-state index in [1.807, 2.05) is 31.2 Å². The zero-order valence-corrected chi connectivity index (χ0v) is 12.6. The molecule has 0 aliphatic carbocycles. The number of benzene rings is 2. The lowest BCUT2D eigenvalue weighted by molar-refractivity contribution is 0.104. The summed E-state index contributed by atoms with van der Waals surface area (Å²) >= 11 is 0. The van der Waals surface area contributed by atoms with Crippen LogP contribution in [0, 0.1) is 0 Å². The highest BCUT2D eigenvalue weighted by molar-refractivity contribution is 6.07. The number of phenolic OH excluding ortho intramolecular Hbond substituents is 1. The summed E-state index contributed by atoms with van der Waals surface area (Å²) in [5.41, 5.74) is 1.36. The number of aromatic hydroxyl groups is 1. The molecule has 0 unspecified atom stereocenters. The van der Waals surface area contributed by atoms with E-state index in [0.29, 0.717) is 12.2 Å². The Morgan fingerprint density at radius 1 is 1.18 bits per heavy atom. The molecular weight excluding hydrogens is 280 g/mol. The third kappa shape index (κ3) is 3.88. The van der Waals surface area contributed by atoms with Crippen molar-refractivity contribution >= 4 is 11.9 Å². The Labute approximate surface area is 129 Å². The molecule has 0 radical (unpaired) electrons. The predicted octanol–water partition coefficient (Wildman–Crippen LogP) is 3.70. The van der Waals surface area contributed by atoms with Crippen molar-refractivity contribution in [3.05, 3.63) is 59.7 Å². The SMILES string of the molecule is CCOc1ccc(/C=C/C(=O)c2ccc(O)c(OC)c2)cc1. The number of hydrogen-bond acceptors (Lipinski definition) is 4. The normalized spacial score (nSPS) is 10.6. The molecule has 0 saturated carbocycles. The molecule has 0 heterocycles. The van der Waals surface area contributed by atoms with Gasteiger partial charge in [0.2, 0.25) is 0 Å². The topological polar surface area (TPSA) is 55.8 Å². The molecule has 22 heavy (non-hydrogen) atoms. The van der Waals surface area contributed by atoms with Crippen LogP contribution in [0.1, 0.15) is 22.8 Å². The molecule has 0 amide bonds. The molecule has 1 N–H and O–H groups in total. The average Bonchev–Trinajstić information content (AvgIpc) is 2.54. The van der Waals surface area contributed by atoms with E-state index in [1.165, 1.54) is 25.3 Å². The van der Waals surface area contributed by atoms with Gasteiger partial charge >= 0.3 is 0 Å². The molecule has 4 heteroatoms. The Morgan fingerprint density at radius 2 is 1.91 bits per heavy atom. The van der Waals surface area contributed by atoms with Gasteiger partial charge in [0.15, 0.2) is 17.3 Å². The zero-order valence-electron chi connectivity index (χ0n) is 12.6. The Balaban J connectivity index is 2.10. The molecule has 0 aromatic heterocycles. The van der Waals surface area contributed by atoms with Crippen LogP contribution in [-0.2, 0) is 0 Å². The summed E-state index contributed by atoms with van der Waals surface area (Å²) in [4.78, 5) is 12.1. The number of ether oxygens (including phenoxy) is 2. The van der Waals surface area contributed by atoms with Gasteiger partial charge in [0.25, 0.3) is 0 Å². The first-order valence-electron chi connectivity index (χ1n) is 6.96. The Bertz CT molecular complexity index is 672. The minimum absolute atomic E-state index is 0.00884. The van der Waals surface area contributed by atoms with Crippen molar-refractivity contribution in [2.45, 2.75) is 6.92 Å². The first-order valence-corrected chi connectivity index (χ1v) is 6.96. The zero-order chi connectivity index (χ0) is 15.9. The maximum absolute atomic E-state index is 12.1. The first-order chi connectivity index (χ1) is 10.6.